The van der Waals surface area contributed by atoms with Gasteiger partial charge in [0, 0.05) is 23.3 Å². The highest BCUT2D eigenvalue weighted by atomic mass is 19.1. The number of hydrogen-bond donors (Lipinski definition) is 2. The second kappa shape index (κ2) is 8.30. The summed E-state index contributed by atoms with van der Waals surface area (Å²) in [6, 6.07) is 7.46. The van der Waals surface area contributed by atoms with Gasteiger partial charge in [-0.05, 0) is 81.3 Å². The van der Waals surface area contributed by atoms with Crippen molar-refractivity contribution in [1.82, 2.24) is 15.2 Å². The summed E-state index contributed by atoms with van der Waals surface area (Å²) < 4.78 is 18.7. The average Bonchev–Trinajstić information content (AvgIpc) is 3.68. The molecular weight excluding hydrogens is 437 g/mol. The summed E-state index contributed by atoms with van der Waals surface area (Å²) in [5, 5.41) is 14.4. The quantitative estimate of drug-likeness (QED) is 0.538. The molecule has 3 aromatic rings. The van der Waals surface area contributed by atoms with Crippen molar-refractivity contribution in [3.8, 4) is 11.1 Å². The molecule has 0 spiro atoms. The number of rotatable bonds is 5. The van der Waals surface area contributed by atoms with Crippen LogP contribution in [0.4, 0.5) is 20.7 Å². The molecule has 1 aromatic carbocycles. The highest BCUT2D eigenvalue weighted by Crippen LogP contribution is 2.45. The van der Waals surface area contributed by atoms with E-state index >= 15 is 0 Å². The van der Waals surface area contributed by atoms with Crippen molar-refractivity contribution in [1.29, 1.82) is 0 Å². The number of carbonyl (C=O) groups is 2. The zero-order valence-corrected chi connectivity index (χ0v) is 19.3. The summed E-state index contributed by atoms with van der Waals surface area (Å²) >= 11 is 0. The highest BCUT2D eigenvalue weighted by Gasteiger charge is 2.43. The number of ether oxygens (including phenoxy) is 1. The first-order valence-electron chi connectivity index (χ1n) is 11.4. The Morgan fingerprint density at radius 3 is 2.56 bits per heavy atom. The predicted molar refractivity (Wildman–Crippen MR) is 126 cm³/mol. The molecule has 2 aliphatic carbocycles. The van der Waals surface area contributed by atoms with Crippen LogP contribution in [0.25, 0.3) is 22.0 Å². The van der Waals surface area contributed by atoms with E-state index in [0.29, 0.717) is 22.5 Å². The summed E-state index contributed by atoms with van der Waals surface area (Å²) in [6.45, 7) is 5.36. The van der Waals surface area contributed by atoms with Gasteiger partial charge in [0.1, 0.15) is 17.3 Å². The van der Waals surface area contributed by atoms with Crippen LogP contribution < -0.4 is 10.6 Å². The summed E-state index contributed by atoms with van der Waals surface area (Å²) in [6.07, 6.45) is 4.38. The smallest absolute Gasteiger partial charge is 0.412 e. The second-order valence-corrected chi connectivity index (χ2v) is 9.90. The fourth-order valence-electron chi connectivity index (χ4n) is 3.94. The van der Waals surface area contributed by atoms with E-state index < -0.39 is 29.7 Å². The molecule has 2 heterocycles. The number of nitrogens with one attached hydrogen (secondary N) is 2. The maximum Gasteiger partial charge on any atom is 0.412 e. The number of amides is 2. The van der Waals surface area contributed by atoms with Crippen molar-refractivity contribution >= 4 is 34.4 Å². The number of carbonyl (C=O) groups excluding carboxylic acids is 2. The van der Waals surface area contributed by atoms with Crippen LogP contribution in [-0.2, 0) is 9.53 Å². The summed E-state index contributed by atoms with van der Waals surface area (Å²) in [5.74, 6) is -0.323. The van der Waals surface area contributed by atoms with Gasteiger partial charge in [0.05, 0.1) is 11.6 Å². The largest absolute Gasteiger partial charge is 0.444 e. The zero-order chi connectivity index (χ0) is 24.0. The summed E-state index contributed by atoms with van der Waals surface area (Å²) in [4.78, 5) is 29.0. The summed E-state index contributed by atoms with van der Waals surface area (Å²) in [5.41, 5.74) is 3.24. The van der Waals surface area contributed by atoms with Gasteiger partial charge in [-0.2, -0.15) is 0 Å². The van der Waals surface area contributed by atoms with Gasteiger partial charge in [0.2, 0.25) is 5.91 Å². The fourth-order valence-corrected chi connectivity index (χ4v) is 3.94. The Kier molecular flexibility index (Phi) is 5.42. The molecule has 2 unspecified atom stereocenters. The molecule has 2 atom stereocenters. The van der Waals surface area contributed by atoms with Crippen LogP contribution in [-0.4, -0.2) is 39.0 Å². The van der Waals surface area contributed by atoms with Gasteiger partial charge in [-0.25, -0.2) is 9.18 Å². The van der Waals surface area contributed by atoms with Gasteiger partial charge in [0.15, 0.2) is 5.82 Å². The van der Waals surface area contributed by atoms with Crippen LogP contribution in [0.5, 0.6) is 0 Å². The van der Waals surface area contributed by atoms with Crippen LogP contribution in [0.3, 0.4) is 0 Å². The van der Waals surface area contributed by atoms with Crippen molar-refractivity contribution in [2.45, 2.75) is 57.7 Å². The molecule has 2 fully saturated rings. The molecule has 2 saturated carbocycles. The lowest BCUT2D eigenvalue weighted by atomic mass is 9.97. The maximum absolute atomic E-state index is 13.3. The molecule has 2 aromatic heterocycles. The van der Waals surface area contributed by atoms with E-state index in [0.717, 1.165) is 24.0 Å². The standard InChI is InChI=1S/C25H26FN5O3/c1-25(2,3)34-24(33)28-20-9-14(18-12-27-7-6-16(18)13-4-5-13)8-15-10-21(30-31-22(15)20)29-23(32)17-11-19(17)26/h6-10,12-13,17,19H,4-5,11H2,1-3H3,(H,28,33)(H,29,30,32). The molecule has 8 nitrogen and oxygen atoms in total. The van der Waals surface area contributed by atoms with E-state index in [1.165, 1.54) is 5.56 Å². The molecule has 34 heavy (non-hydrogen) atoms. The molecule has 0 saturated heterocycles. The molecule has 2 aliphatic rings. The van der Waals surface area contributed by atoms with Crippen molar-refractivity contribution in [3.63, 3.8) is 0 Å². The fraction of sp³-hybridized carbons (Fsp3) is 0.400. The Hall–Kier alpha value is -3.62. The first-order valence-corrected chi connectivity index (χ1v) is 11.4. The van der Waals surface area contributed by atoms with Crippen LogP contribution in [0.1, 0.15) is 51.5 Å². The Balaban J connectivity index is 1.55. The molecule has 0 aliphatic heterocycles. The van der Waals surface area contributed by atoms with Gasteiger partial charge in [-0.15, -0.1) is 10.2 Å². The molecule has 2 amide bonds. The van der Waals surface area contributed by atoms with Crippen molar-refractivity contribution < 1.29 is 18.7 Å². The number of benzene rings is 1. The molecule has 2 N–H and O–H groups in total. The van der Waals surface area contributed by atoms with E-state index in [2.05, 4.69) is 25.8 Å². The lowest BCUT2D eigenvalue weighted by Gasteiger charge is -2.20. The summed E-state index contributed by atoms with van der Waals surface area (Å²) in [7, 11) is 0. The zero-order valence-electron chi connectivity index (χ0n) is 19.3. The number of nitrogens with zero attached hydrogens (tertiary/aromatic N) is 3. The Bertz CT molecular complexity index is 1290. The number of pyridine rings is 1. The van der Waals surface area contributed by atoms with Crippen LogP contribution >= 0.6 is 0 Å². The minimum Gasteiger partial charge on any atom is -0.444 e. The van der Waals surface area contributed by atoms with Gasteiger partial charge in [-0.1, -0.05) is 0 Å². The average molecular weight is 464 g/mol. The highest BCUT2D eigenvalue weighted by molar-refractivity contribution is 6.02. The van der Waals surface area contributed by atoms with Crippen LogP contribution in [0.15, 0.2) is 36.7 Å². The third kappa shape index (κ3) is 4.83. The molecule has 9 heteroatoms. The molecular formula is C25H26FN5O3. The number of anilines is 2. The second-order valence-electron chi connectivity index (χ2n) is 9.90. The van der Waals surface area contributed by atoms with Gasteiger partial charge in [0.25, 0.3) is 0 Å². The Morgan fingerprint density at radius 2 is 1.88 bits per heavy atom. The predicted octanol–water partition coefficient (Wildman–Crippen LogP) is 5.21. The third-order valence-electron chi connectivity index (χ3n) is 5.81. The third-order valence-corrected chi connectivity index (χ3v) is 5.81. The van der Waals surface area contributed by atoms with E-state index in [4.69, 9.17) is 4.74 Å². The normalized spacial score (nSPS) is 19.5. The lowest BCUT2D eigenvalue weighted by molar-refractivity contribution is -0.117. The lowest BCUT2D eigenvalue weighted by Crippen LogP contribution is -2.27. The number of fused-ring (bicyclic) bond motifs is 1. The van der Waals surface area contributed by atoms with Crippen molar-refractivity contribution in [2.75, 3.05) is 10.6 Å². The number of aromatic nitrogens is 3. The molecule has 5 rings (SSSR count). The Labute approximate surface area is 196 Å². The van der Waals surface area contributed by atoms with Gasteiger partial charge >= 0.3 is 6.09 Å². The first kappa shape index (κ1) is 22.2. The van der Waals surface area contributed by atoms with E-state index in [-0.39, 0.29) is 12.2 Å². The minimum atomic E-state index is -1.10. The van der Waals surface area contributed by atoms with Crippen LogP contribution in [0.2, 0.25) is 0 Å². The molecule has 0 radical (unpaired) electrons. The topological polar surface area (TPSA) is 106 Å². The number of hydrogen-bond acceptors (Lipinski definition) is 6. The van der Waals surface area contributed by atoms with Crippen molar-refractivity contribution in [2.24, 2.45) is 5.92 Å². The monoisotopic (exact) mass is 463 g/mol. The van der Waals surface area contributed by atoms with Gasteiger partial charge in [-0.3, -0.25) is 15.1 Å². The number of halogens is 1. The molecule has 176 valence electrons. The van der Waals surface area contributed by atoms with E-state index in [1.807, 2.05) is 24.4 Å². The van der Waals surface area contributed by atoms with Crippen LogP contribution in [0, 0.1) is 5.92 Å². The van der Waals surface area contributed by atoms with Crippen molar-refractivity contribution in [3.05, 3.63) is 42.2 Å². The first-order chi connectivity index (χ1) is 16.2. The van der Waals surface area contributed by atoms with Gasteiger partial charge < -0.3 is 10.1 Å². The molecule has 0 bridgehead atoms. The SMILES string of the molecule is CC(C)(C)OC(=O)Nc1cc(-c2cnccc2C2CC2)cc2cc(NC(=O)C3CC3F)nnc12. The van der Waals surface area contributed by atoms with E-state index in [1.54, 1.807) is 33.0 Å². The number of alkyl halides is 1. The minimum absolute atomic E-state index is 0.227. The maximum atomic E-state index is 13.3. The Morgan fingerprint density at radius 1 is 1.12 bits per heavy atom. The van der Waals surface area contributed by atoms with E-state index in [9.17, 15) is 14.0 Å².